The van der Waals surface area contributed by atoms with Crippen molar-refractivity contribution in [2.75, 3.05) is 48.4 Å². The zero-order chi connectivity index (χ0) is 24.9. The highest BCUT2D eigenvalue weighted by Crippen LogP contribution is 2.36. The van der Waals surface area contributed by atoms with Gasteiger partial charge in [0.1, 0.15) is 13.2 Å². The Morgan fingerprint density at radius 1 is 1.00 bits per heavy atom. The molecule has 1 atom stereocenters. The van der Waals surface area contributed by atoms with E-state index in [9.17, 15) is 19.2 Å². The minimum Gasteiger partial charge on any atom is -0.486 e. The molecule has 0 aromatic heterocycles. The van der Waals surface area contributed by atoms with E-state index in [1.165, 1.54) is 11.8 Å². The summed E-state index contributed by atoms with van der Waals surface area (Å²) in [4.78, 5) is 52.6. The molecule has 0 radical (unpaired) electrons. The lowest BCUT2D eigenvalue weighted by atomic mass is 10.1. The number of nitrogens with zero attached hydrogens (tertiary/aromatic N) is 2. The molecule has 2 N–H and O–H groups in total. The third kappa shape index (κ3) is 5.71. The Balaban J connectivity index is 1.35. The van der Waals surface area contributed by atoms with E-state index < -0.39 is 5.92 Å². The van der Waals surface area contributed by atoms with Crippen molar-refractivity contribution in [3.63, 3.8) is 0 Å². The number of nitrogens with one attached hydrogen (secondary N) is 2. The molecular formula is C25H28N4O6. The molecule has 4 rings (SSSR count). The first kappa shape index (κ1) is 24.1. The van der Waals surface area contributed by atoms with Gasteiger partial charge in [0, 0.05) is 49.6 Å². The maximum Gasteiger partial charge on any atom is 0.243 e. The maximum atomic E-state index is 13.1. The number of hydrogen-bond acceptors (Lipinski definition) is 6. The zero-order valence-corrected chi connectivity index (χ0v) is 19.7. The van der Waals surface area contributed by atoms with Crippen molar-refractivity contribution < 1.29 is 28.7 Å². The van der Waals surface area contributed by atoms with Crippen molar-refractivity contribution in [1.82, 2.24) is 4.90 Å². The molecule has 10 heteroatoms. The van der Waals surface area contributed by atoms with Crippen LogP contribution in [0, 0.1) is 5.92 Å². The second-order valence-corrected chi connectivity index (χ2v) is 8.39. The molecule has 0 bridgehead atoms. The molecule has 2 aromatic carbocycles. The van der Waals surface area contributed by atoms with Crippen LogP contribution in [-0.4, -0.2) is 61.4 Å². The Kier molecular flexibility index (Phi) is 7.19. The monoisotopic (exact) mass is 480 g/mol. The molecule has 1 fully saturated rings. The first-order valence-corrected chi connectivity index (χ1v) is 11.5. The number of fused-ring (bicyclic) bond motifs is 1. The van der Waals surface area contributed by atoms with Gasteiger partial charge in [-0.1, -0.05) is 0 Å². The molecule has 0 spiro atoms. The van der Waals surface area contributed by atoms with Crippen LogP contribution >= 0.6 is 0 Å². The van der Waals surface area contributed by atoms with E-state index in [2.05, 4.69) is 10.6 Å². The Bertz CT molecular complexity index is 1130. The lowest BCUT2D eigenvalue weighted by Gasteiger charge is -2.24. The minimum atomic E-state index is -0.541. The maximum absolute atomic E-state index is 13.1. The molecule has 184 valence electrons. The Hall–Kier alpha value is -4.08. The molecule has 0 unspecified atom stereocenters. The standard InChI is InChI=1S/C25H28N4O6/c1-3-28(15-23(31)27-19-6-4-18(5-7-19)26-16(2)30)25(33)17-12-24(32)29(14-17)20-8-9-21-22(13-20)35-11-10-34-21/h4-9,13,17H,3,10-12,14-15H2,1-2H3,(H,26,30)(H,27,31)/t17-/m0/s1. The Labute approximate surface area is 203 Å². The predicted octanol–water partition coefficient (Wildman–Crippen LogP) is 2.26. The summed E-state index contributed by atoms with van der Waals surface area (Å²) in [6.07, 6.45) is 0.0794. The van der Waals surface area contributed by atoms with E-state index in [4.69, 9.17) is 9.47 Å². The molecule has 10 nitrogen and oxygen atoms in total. The van der Waals surface area contributed by atoms with Crippen LogP contribution in [0.15, 0.2) is 42.5 Å². The largest absolute Gasteiger partial charge is 0.486 e. The van der Waals surface area contributed by atoms with Crippen LogP contribution in [0.5, 0.6) is 11.5 Å². The van der Waals surface area contributed by atoms with Crippen LogP contribution in [0.3, 0.4) is 0 Å². The Morgan fingerprint density at radius 3 is 2.31 bits per heavy atom. The van der Waals surface area contributed by atoms with Gasteiger partial charge in [-0.2, -0.15) is 0 Å². The summed E-state index contributed by atoms with van der Waals surface area (Å²) in [5.74, 6) is -0.255. The van der Waals surface area contributed by atoms with Gasteiger partial charge in [0.2, 0.25) is 23.6 Å². The molecule has 35 heavy (non-hydrogen) atoms. The number of carbonyl (C=O) groups is 4. The summed E-state index contributed by atoms with van der Waals surface area (Å²) in [6, 6.07) is 12.0. The fourth-order valence-corrected chi connectivity index (χ4v) is 4.14. The van der Waals surface area contributed by atoms with E-state index in [0.29, 0.717) is 48.3 Å². The number of likely N-dealkylation sites (N-methyl/N-ethyl adjacent to an activating group) is 1. The van der Waals surface area contributed by atoms with Gasteiger partial charge in [-0.3, -0.25) is 19.2 Å². The van der Waals surface area contributed by atoms with Crippen LogP contribution < -0.4 is 25.0 Å². The normalized spacial score (nSPS) is 16.6. The van der Waals surface area contributed by atoms with E-state index >= 15 is 0 Å². The molecule has 0 aliphatic carbocycles. The number of rotatable bonds is 7. The molecule has 1 saturated heterocycles. The highest BCUT2D eigenvalue weighted by molar-refractivity contribution is 6.01. The first-order valence-electron chi connectivity index (χ1n) is 11.5. The first-order chi connectivity index (χ1) is 16.8. The van der Waals surface area contributed by atoms with Gasteiger partial charge in [-0.25, -0.2) is 0 Å². The Morgan fingerprint density at radius 2 is 1.66 bits per heavy atom. The number of amides is 4. The average Bonchev–Trinajstić information content (AvgIpc) is 3.24. The summed E-state index contributed by atoms with van der Waals surface area (Å²) in [5.41, 5.74) is 1.82. The van der Waals surface area contributed by atoms with Crippen molar-refractivity contribution in [2.45, 2.75) is 20.3 Å². The molecule has 4 amide bonds. The number of benzene rings is 2. The fraction of sp³-hybridized carbons (Fsp3) is 0.360. The molecule has 2 aliphatic heterocycles. The number of ether oxygens (including phenoxy) is 2. The van der Waals surface area contributed by atoms with E-state index in [1.807, 2.05) is 0 Å². The van der Waals surface area contributed by atoms with Crippen LogP contribution in [0.1, 0.15) is 20.3 Å². The zero-order valence-electron chi connectivity index (χ0n) is 19.7. The lowest BCUT2D eigenvalue weighted by Crippen LogP contribution is -2.42. The second kappa shape index (κ2) is 10.5. The van der Waals surface area contributed by atoms with E-state index in [1.54, 1.807) is 54.3 Å². The third-order valence-electron chi connectivity index (χ3n) is 5.83. The fourth-order valence-electron chi connectivity index (χ4n) is 4.14. The highest BCUT2D eigenvalue weighted by atomic mass is 16.6. The van der Waals surface area contributed by atoms with Gasteiger partial charge < -0.3 is 29.9 Å². The van der Waals surface area contributed by atoms with Gasteiger partial charge in [-0.15, -0.1) is 0 Å². The highest BCUT2D eigenvalue weighted by Gasteiger charge is 2.37. The molecule has 0 saturated carbocycles. The number of carbonyl (C=O) groups excluding carboxylic acids is 4. The van der Waals surface area contributed by atoms with Crippen molar-refractivity contribution in [2.24, 2.45) is 5.92 Å². The van der Waals surface area contributed by atoms with Gasteiger partial charge in [0.05, 0.1) is 12.5 Å². The SMILES string of the molecule is CCN(CC(=O)Nc1ccc(NC(C)=O)cc1)C(=O)[C@H]1CC(=O)N(c2ccc3c(c2)OCCO3)C1. The van der Waals surface area contributed by atoms with Gasteiger partial charge in [0.25, 0.3) is 0 Å². The topological polar surface area (TPSA) is 117 Å². The van der Waals surface area contributed by atoms with Crippen LogP contribution in [0.2, 0.25) is 0 Å². The van der Waals surface area contributed by atoms with Crippen LogP contribution in [0.25, 0.3) is 0 Å². The smallest absolute Gasteiger partial charge is 0.243 e. The minimum absolute atomic E-state index is 0.0794. The van der Waals surface area contributed by atoms with Crippen molar-refractivity contribution in [3.05, 3.63) is 42.5 Å². The average molecular weight is 481 g/mol. The van der Waals surface area contributed by atoms with Crippen molar-refractivity contribution in [1.29, 1.82) is 0 Å². The second-order valence-electron chi connectivity index (χ2n) is 8.39. The van der Waals surface area contributed by atoms with E-state index in [0.717, 1.165) is 0 Å². The lowest BCUT2D eigenvalue weighted by molar-refractivity contribution is -0.138. The van der Waals surface area contributed by atoms with Gasteiger partial charge in [-0.05, 0) is 43.3 Å². The quantitative estimate of drug-likeness (QED) is 0.628. The molecular weight excluding hydrogens is 452 g/mol. The third-order valence-corrected chi connectivity index (χ3v) is 5.83. The number of hydrogen-bond donors (Lipinski definition) is 2. The van der Waals surface area contributed by atoms with Gasteiger partial charge in [0.15, 0.2) is 11.5 Å². The van der Waals surface area contributed by atoms with Crippen LogP contribution in [-0.2, 0) is 19.2 Å². The van der Waals surface area contributed by atoms with Crippen LogP contribution in [0.4, 0.5) is 17.1 Å². The van der Waals surface area contributed by atoms with Crippen molar-refractivity contribution >= 4 is 40.7 Å². The summed E-state index contributed by atoms with van der Waals surface area (Å²) >= 11 is 0. The predicted molar refractivity (Wildman–Crippen MR) is 130 cm³/mol. The summed E-state index contributed by atoms with van der Waals surface area (Å²) < 4.78 is 11.1. The molecule has 2 aliphatic rings. The summed E-state index contributed by atoms with van der Waals surface area (Å²) in [6.45, 7) is 4.58. The molecule has 2 heterocycles. The summed E-state index contributed by atoms with van der Waals surface area (Å²) in [7, 11) is 0. The molecule has 2 aromatic rings. The summed E-state index contributed by atoms with van der Waals surface area (Å²) in [5, 5.41) is 5.41. The number of anilines is 3. The van der Waals surface area contributed by atoms with Gasteiger partial charge >= 0.3 is 0 Å². The van der Waals surface area contributed by atoms with E-state index in [-0.39, 0.29) is 43.1 Å². The van der Waals surface area contributed by atoms with Crippen molar-refractivity contribution in [3.8, 4) is 11.5 Å².